The Kier molecular flexibility index (Phi) is 5.80. The van der Waals surface area contributed by atoms with Gasteiger partial charge in [0.2, 0.25) is 0 Å². The summed E-state index contributed by atoms with van der Waals surface area (Å²) in [7, 11) is 0. The maximum Gasteiger partial charge on any atom is 0.253 e. The highest BCUT2D eigenvalue weighted by molar-refractivity contribution is 9.11. The molecular weight excluding hydrogens is 416 g/mol. The van der Waals surface area contributed by atoms with E-state index < -0.39 is 5.54 Å². The first kappa shape index (κ1) is 16.9. The van der Waals surface area contributed by atoms with Crippen LogP contribution in [-0.4, -0.2) is 16.4 Å². The van der Waals surface area contributed by atoms with Gasteiger partial charge in [-0.1, -0.05) is 53.8 Å². The van der Waals surface area contributed by atoms with Gasteiger partial charge in [-0.15, -0.1) is 0 Å². The van der Waals surface area contributed by atoms with Crippen molar-refractivity contribution in [3.8, 4) is 0 Å². The van der Waals surface area contributed by atoms with E-state index in [2.05, 4.69) is 37.2 Å². The molecule has 0 atom stereocenters. The molecule has 114 valence electrons. The maximum absolute atomic E-state index is 12.6. The normalized spacial score (nSPS) is 17.8. The van der Waals surface area contributed by atoms with Crippen LogP contribution in [0.3, 0.4) is 0 Å². The van der Waals surface area contributed by atoms with Gasteiger partial charge >= 0.3 is 0 Å². The number of hydrogen-bond donors (Lipinski definition) is 2. The lowest BCUT2D eigenvalue weighted by Gasteiger charge is -2.33. The highest BCUT2D eigenvalue weighted by Gasteiger charge is 2.36. The predicted octanol–water partition coefficient (Wildman–Crippen LogP) is 4.32. The second-order valence-corrected chi connectivity index (χ2v) is 7.65. The van der Waals surface area contributed by atoms with Crippen LogP contribution in [0.2, 0.25) is 0 Å². The number of nitrogens with two attached hydrogens (primary N) is 1. The molecule has 1 saturated carbocycles. The topological polar surface area (TPSA) is 55.1 Å². The van der Waals surface area contributed by atoms with Gasteiger partial charge in [-0.3, -0.25) is 4.79 Å². The molecule has 0 heterocycles. The lowest BCUT2D eigenvalue weighted by molar-refractivity contribution is 0.0916. The number of rotatable bonds is 3. The molecule has 1 aromatic carbocycles. The van der Waals surface area contributed by atoms with Crippen molar-refractivity contribution in [2.45, 2.75) is 44.1 Å². The molecule has 0 unspecified atom stereocenters. The fourth-order valence-corrected chi connectivity index (χ4v) is 4.21. The van der Waals surface area contributed by atoms with Crippen molar-refractivity contribution in [3.05, 3.63) is 32.7 Å². The molecule has 1 aliphatic rings. The second-order valence-electron chi connectivity index (χ2n) is 5.44. The van der Waals surface area contributed by atoms with Crippen molar-refractivity contribution < 1.29 is 4.79 Å². The Morgan fingerprint density at radius 1 is 1.19 bits per heavy atom. The third-order valence-electron chi connectivity index (χ3n) is 3.96. The van der Waals surface area contributed by atoms with Gasteiger partial charge in [0.1, 0.15) is 0 Å². The predicted molar refractivity (Wildman–Crippen MR) is 96.5 cm³/mol. The van der Waals surface area contributed by atoms with Crippen LogP contribution < -0.4 is 11.1 Å². The molecule has 21 heavy (non-hydrogen) atoms. The van der Waals surface area contributed by atoms with Crippen LogP contribution in [0.1, 0.15) is 48.9 Å². The Balaban J connectivity index is 2.24. The van der Waals surface area contributed by atoms with E-state index in [1.165, 1.54) is 12.8 Å². The van der Waals surface area contributed by atoms with Crippen LogP contribution >= 0.6 is 44.1 Å². The fraction of sp³-hybridized carbons (Fsp3) is 0.467. The molecule has 0 radical (unpaired) electrons. The van der Waals surface area contributed by atoms with Gasteiger partial charge in [0, 0.05) is 8.95 Å². The summed E-state index contributed by atoms with van der Waals surface area (Å²) in [6, 6.07) is 5.49. The standard InChI is InChI=1S/C15H18Br2N2OS/c16-10-5-6-11(12(17)9-10)13(20)19-15(14(18)21)7-3-1-2-4-8-15/h5-6,9H,1-4,7-8H2,(H2,18,21)(H,19,20). The van der Waals surface area contributed by atoms with Crippen molar-refractivity contribution in [2.24, 2.45) is 5.73 Å². The largest absolute Gasteiger partial charge is 0.391 e. The molecule has 3 N–H and O–H groups in total. The van der Waals surface area contributed by atoms with Gasteiger partial charge in [0.15, 0.2) is 0 Å². The quantitative estimate of drug-likeness (QED) is 0.551. The van der Waals surface area contributed by atoms with Gasteiger partial charge in [-0.2, -0.15) is 0 Å². The van der Waals surface area contributed by atoms with Gasteiger partial charge in [-0.25, -0.2) is 0 Å². The number of benzene rings is 1. The second kappa shape index (κ2) is 7.20. The summed E-state index contributed by atoms with van der Waals surface area (Å²) in [6.45, 7) is 0. The van der Waals surface area contributed by atoms with Crippen molar-refractivity contribution in [1.29, 1.82) is 0 Å². The van der Waals surface area contributed by atoms with Crippen molar-refractivity contribution in [1.82, 2.24) is 5.32 Å². The molecule has 0 aliphatic heterocycles. The minimum absolute atomic E-state index is 0.135. The molecule has 0 spiro atoms. The Labute approximate surface area is 147 Å². The van der Waals surface area contributed by atoms with E-state index in [0.717, 1.165) is 34.6 Å². The zero-order valence-corrected chi connectivity index (χ0v) is 15.6. The molecule has 2 rings (SSSR count). The zero-order valence-electron chi connectivity index (χ0n) is 11.6. The van der Waals surface area contributed by atoms with Gasteiger partial charge < -0.3 is 11.1 Å². The molecule has 0 saturated heterocycles. The smallest absolute Gasteiger partial charge is 0.253 e. The number of carbonyl (C=O) groups is 1. The summed E-state index contributed by atoms with van der Waals surface area (Å²) in [4.78, 5) is 13.0. The number of carbonyl (C=O) groups excluding carboxylic acids is 1. The van der Waals surface area contributed by atoms with Crippen LogP contribution in [0.5, 0.6) is 0 Å². The molecule has 1 aliphatic carbocycles. The molecule has 1 amide bonds. The van der Waals surface area contributed by atoms with E-state index in [1.807, 2.05) is 12.1 Å². The Bertz CT molecular complexity index is 555. The molecule has 1 aromatic rings. The van der Waals surface area contributed by atoms with E-state index in [4.69, 9.17) is 18.0 Å². The van der Waals surface area contributed by atoms with Crippen molar-refractivity contribution >= 4 is 55.0 Å². The SMILES string of the molecule is NC(=S)C1(NC(=O)c2ccc(Br)cc2Br)CCCCCC1. The van der Waals surface area contributed by atoms with Crippen molar-refractivity contribution in [3.63, 3.8) is 0 Å². The first-order valence-electron chi connectivity index (χ1n) is 7.02. The number of halogens is 2. The monoisotopic (exact) mass is 432 g/mol. The molecule has 3 nitrogen and oxygen atoms in total. The number of amides is 1. The average molecular weight is 434 g/mol. The van der Waals surface area contributed by atoms with Gasteiger partial charge in [0.05, 0.1) is 16.1 Å². The molecule has 0 bridgehead atoms. The maximum atomic E-state index is 12.6. The number of hydrogen-bond acceptors (Lipinski definition) is 2. The zero-order chi connectivity index (χ0) is 15.5. The summed E-state index contributed by atoms with van der Waals surface area (Å²) in [6.07, 6.45) is 6.06. The molecule has 6 heteroatoms. The number of nitrogens with one attached hydrogen (secondary N) is 1. The summed E-state index contributed by atoms with van der Waals surface area (Å²) >= 11 is 12.1. The van der Waals surface area contributed by atoms with Gasteiger partial charge in [-0.05, 0) is 47.0 Å². The number of thiocarbonyl (C=S) groups is 1. The summed E-state index contributed by atoms with van der Waals surface area (Å²) in [5.74, 6) is -0.135. The highest BCUT2D eigenvalue weighted by atomic mass is 79.9. The van der Waals surface area contributed by atoms with Crippen LogP contribution in [-0.2, 0) is 0 Å². The minimum atomic E-state index is -0.546. The molecule has 0 aromatic heterocycles. The molecular formula is C15H18Br2N2OS. The fourth-order valence-electron chi connectivity index (χ4n) is 2.72. The highest BCUT2D eigenvalue weighted by Crippen LogP contribution is 2.29. The average Bonchev–Trinajstić information content (AvgIpc) is 2.65. The summed E-state index contributed by atoms with van der Waals surface area (Å²) in [5.41, 5.74) is 6.01. The lowest BCUT2D eigenvalue weighted by Crippen LogP contribution is -2.56. The minimum Gasteiger partial charge on any atom is -0.391 e. The first-order chi connectivity index (χ1) is 9.94. The third-order valence-corrected chi connectivity index (χ3v) is 5.50. The van der Waals surface area contributed by atoms with Gasteiger partial charge in [0.25, 0.3) is 5.91 Å². The van der Waals surface area contributed by atoms with E-state index in [1.54, 1.807) is 6.07 Å². The van der Waals surface area contributed by atoms with E-state index in [9.17, 15) is 4.79 Å². The summed E-state index contributed by atoms with van der Waals surface area (Å²) in [5, 5.41) is 3.10. The first-order valence-corrected chi connectivity index (χ1v) is 9.01. The Hall–Kier alpha value is -0.460. The van der Waals surface area contributed by atoms with E-state index >= 15 is 0 Å². The van der Waals surface area contributed by atoms with E-state index in [0.29, 0.717) is 10.6 Å². The lowest BCUT2D eigenvalue weighted by atomic mass is 9.89. The van der Waals surface area contributed by atoms with Crippen LogP contribution in [0.25, 0.3) is 0 Å². The van der Waals surface area contributed by atoms with E-state index in [-0.39, 0.29) is 5.91 Å². The third kappa shape index (κ3) is 4.05. The van der Waals surface area contributed by atoms with Crippen LogP contribution in [0.15, 0.2) is 27.1 Å². The van der Waals surface area contributed by atoms with Crippen molar-refractivity contribution in [2.75, 3.05) is 0 Å². The molecule has 1 fully saturated rings. The van der Waals surface area contributed by atoms with Crippen LogP contribution in [0.4, 0.5) is 0 Å². The van der Waals surface area contributed by atoms with Crippen LogP contribution in [0, 0.1) is 0 Å². The summed E-state index contributed by atoms with van der Waals surface area (Å²) < 4.78 is 1.67. The Morgan fingerprint density at radius 2 is 1.81 bits per heavy atom. The Morgan fingerprint density at radius 3 is 2.33 bits per heavy atom.